The minimum Gasteiger partial charge on any atom is -0.384 e. The van der Waals surface area contributed by atoms with Crippen LogP contribution in [0.15, 0.2) is 12.3 Å². The number of carbonyl (C=O) groups is 1. The fraction of sp³-hybridized carbons (Fsp3) is 0.429. The molecule has 0 unspecified atom stereocenters. The minimum absolute atomic E-state index is 0.0410. The number of nitrogen functional groups attached to an aromatic ring is 1. The van der Waals surface area contributed by atoms with Crippen LogP contribution in [0, 0.1) is 0 Å². The Morgan fingerprint density at radius 1 is 1.83 bits per heavy atom. The second kappa shape index (κ2) is 3.75. The number of carbonyl (C=O) groups excluding carboxylic acids is 1. The van der Waals surface area contributed by atoms with Crippen LogP contribution in [0.1, 0.15) is 6.92 Å². The lowest BCUT2D eigenvalue weighted by Crippen LogP contribution is -2.25. The number of rotatable bonds is 3. The van der Waals surface area contributed by atoms with Crippen molar-refractivity contribution in [2.24, 2.45) is 0 Å². The third kappa shape index (κ3) is 2.26. The van der Waals surface area contributed by atoms with Crippen LogP contribution in [0.3, 0.4) is 0 Å². The number of hydrogen-bond acceptors (Lipinski definition) is 3. The Balaban J connectivity index is 2.33. The van der Waals surface area contributed by atoms with E-state index >= 15 is 0 Å². The molecule has 0 aromatic carbocycles. The first-order valence-electron chi connectivity index (χ1n) is 3.72. The van der Waals surface area contributed by atoms with E-state index in [0.29, 0.717) is 18.9 Å². The van der Waals surface area contributed by atoms with Crippen molar-refractivity contribution in [1.29, 1.82) is 0 Å². The second-order valence-electron chi connectivity index (χ2n) is 2.46. The van der Waals surface area contributed by atoms with Crippen molar-refractivity contribution in [3.05, 3.63) is 12.3 Å². The predicted molar refractivity (Wildman–Crippen MR) is 45.3 cm³/mol. The third-order valence-corrected chi connectivity index (χ3v) is 1.45. The Labute approximate surface area is 70.5 Å². The molecule has 0 spiro atoms. The van der Waals surface area contributed by atoms with Crippen LogP contribution in [-0.2, 0) is 11.3 Å². The van der Waals surface area contributed by atoms with Gasteiger partial charge in [0.25, 0.3) is 0 Å². The molecule has 0 saturated carbocycles. The van der Waals surface area contributed by atoms with Gasteiger partial charge in [-0.15, -0.1) is 0 Å². The molecule has 3 N–H and O–H groups in total. The standard InChI is InChI=1S/C7H12N4O/c1-6(12)9-4-5-11-7(8)2-3-10-11/h2-3H,4-5,8H2,1H3,(H,9,12). The van der Waals surface area contributed by atoms with Gasteiger partial charge in [0, 0.05) is 13.5 Å². The van der Waals surface area contributed by atoms with E-state index in [1.54, 1.807) is 16.9 Å². The maximum atomic E-state index is 10.5. The van der Waals surface area contributed by atoms with Gasteiger partial charge in [0.2, 0.25) is 5.91 Å². The van der Waals surface area contributed by atoms with E-state index in [1.807, 2.05) is 0 Å². The Morgan fingerprint density at radius 3 is 3.08 bits per heavy atom. The molecule has 1 aromatic rings. The summed E-state index contributed by atoms with van der Waals surface area (Å²) >= 11 is 0. The number of nitrogens with one attached hydrogen (secondary N) is 1. The van der Waals surface area contributed by atoms with Crippen molar-refractivity contribution in [2.75, 3.05) is 12.3 Å². The lowest BCUT2D eigenvalue weighted by molar-refractivity contribution is -0.118. The van der Waals surface area contributed by atoms with E-state index in [2.05, 4.69) is 10.4 Å². The van der Waals surface area contributed by atoms with E-state index < -0.39 is 0 Å². The van der Waals surface area contributed by atoms with Crippen LogP contribution in [0.4, 0.5) is 5.82 Å². The molecule has 0 saturated heterocycles. The zero-order valence-electron chi connectivity index (χ0n) is 6.95. The normalized spacial score (nSPS) is 9.75. The maximum Gasteiger partial charge on any atom is 0.216 e. The van der Waals surface area contributed by atoms with Crippen LogP contribution >= 0.6 is 0 Å². The van der Waals surface area contributed by atoms with Gasteiger partial charge in [-0.05, 0) is 6.07 Å². The molecule has 5 heteroatoms. The van der Waals surface area contributed by atoms with Crippen LogP contribution in [-0.4, -0.2) is 22.2 Å². The van der Waals surface area contributed by atoms with E-state index in [-0.39, 0.29) is 5.91 Å². The summed E-state index contributed by atoms with van der Waals surface area (Å²) in [5.74, 6) is 0.570. The van der Waals surface area contributed by atoms with E-state index in [0.717, 1.165) is 0 Å². The third-order valence-electron chi connectivity index (χ3n) is 1.45. The summed E-state index contributed by atoms with van der Waals surface area (Å²) in [6.07, 6.45) is 1.63. The molecule has 0 aliphatic heterocycles. The van der Waals surface area contributed by atoms with Crippen LogP contribution in [0.2, 0.25) is 0 Å². The number of nitrogens with zero attached hydrogens (tertiary/aromatic N) is 2. The molecule has 1 amide bonds. The molecule has 0 radical (unpaired) electrons. The fourth-order valence-corrected chi connectivity index (χ4v) is 0.868. The summed E-state index contributed by atoms with van der Waals surface area (Å²) in [5, 5.41) is 6.61. The quantitative estimate of drug-likeness (QED) is 0.645. The van der Waals surface area contributed by atoms with Crippen molar-refractivity contribution in [3.63, 3.8) is 0 Å². The zero-order chi connectivity index (χ0) is 8.97. The van der Waals surface area contributed by atoms with Crippen molar-refractivity contribution in [1.82, 2.24) is 15.1 Å². The van der Waals surface area contributed by atoms with Gasteiger partial charge in [-0.1, -0.05) is 0 Å². The molecule has 0 aliphatic rings. The number of aromatic nitrogens is 2. The summed E-state index contributed by atoms with van der Waals surface area (Å²) in [6.45, 7) is 2.64. The van der Waals surface area contributed by atoms with E-state index in [4.69, 9.17) is 5.73 Å². The van der Waals surface area contributed by atoms with Crippen LogP contribution in [0.5, 0.6) is 0 Å². The Kier molecular flexibility index (Phi) is 2.68. The molecule has 0 bridgehead atoms. The largest absolute Gasteiger partial charge is 0.384 e. The van der Waals surface area contributed by atoms with Gasteiger partial charge in [-0.3, -0.25) is 4.79 Å². The van der Waals surface area contributed by atoms with Gasteiger partial charge in [-0.2, -0.15) is 5.10 Å². The van der Waals surface area contributed by atoms with E-state index in [1.165, 1.54) is 6.92 Å². The monoisotopic (exact) mass is 168 g/mol. The predicted octanol–water partition coefficient (Wildman–Crippen LogP) is -0.399. The van der Waals surface area contributed by atoms with Crippen LogP contribution in [0.25, 0.3) is 0 Å². The number of hydrogen-bond donors (Lipinski definition) is 2. The van der Waals surface area contributed by atoms with Gasteiger partial charge in [-0.25, -0.2) is 4.68 Å². The molecule has 0 atom stereocenters. The smallest absolute Gasteiger partial charge is 0.216 e. The van der Waals surface area contributed by atoms with Crippen molar-refractivity contribution in [3.8, 4) is 0 Å². The van der Waals surface area contributed by atoms with E-state index in [9.17, 15) is 4.79 Å². The molecular formula is C7H12N4O. The number of amides is 1. The Hall–Kier alpha value is -1.52. The Morgan fingerprint density at radius 2 is 2.58 bits per heavy atom. The summed E-state index contributed by atoms with van der Waals surface area (Å²) in [5.41, 5.74) is 5.55. The van der Waals surface area contributed by atoms with Crippen molar-refractivity contribution >= 4 is 11.7 Å². The molecule has 5 nitrogen and oxygen atoms in total. The van der Waals surface area contributed by atoms with Gasteiger partial charge in [0.05, 0.1) is 12.7 Å². The first kappa shape index (κ1) is 8.58. The molecule has 0 aliphatic carbocycles. The van der Waals surface area contributed by atoms with Crippen LogP contribution < -0.4 is 11.1 Å². The first-order valence-corrected chi connectivity index (χ1v) is 3.72. The number of nitrogens with two attached hydrogens (primary N) is 1. The lowest BCUT2D eigenvalue weighted by atomic mass is 10.5. The average molecular weight is 168 g/mol. The summed E-state index contributed by atoms with van der Waals surface area (Å²) in [4.78, 5) is 10.5. The molecule has 1 rings (SSSR count). The minimum atomic E-state index is -0.0410. The lowest BCUT2D eigenvalue weighted by Gasteiger charge is -2.03. The highest BCUT2D eigenvalue weighted by molar-refractivity contribution is 5.72. The molecule has 1 heterocycles. The molecule has 12 heavy (non-hydrogen) atoms. The fourth-order valence-electron chi connectivity index (χ4n) is 0.868. The second-order valence-corrected chi connectivity index (χ2v) is 2.46. The summed E-state index contributed by atoms with van der Waals surface area (Å²) < 4.78 is 1.63. The van der Waals surface area contributed by atoms with Gasteiger partial charge in [0.15, 0.2) is 0 Å². The maximum absolute atomic E-state index is 10.5. The van der Waals surface area contributed by atoms with Crippen molar-refractivity contribution in [2.45, 2.75) is 13.5 Å². The topological polar surface area (TPSA) is 72.9 Å². The molecule has 1 aromatic heterocycles. The summed E-state index contributed by atoms with van der Waals surface area (Å²) in [6, 6.07) is 1.72. The summed E-state index contributed by atoms with van der Waals surface area (Å²) in [7, 11) is 0. The number of anilines is 1. The van der Waals surface area contributed by atoms with Gasteiger partial charge >= 0.3 is 0 Å². The zero-order valence-corrected chi connectivity index (χ0v) is 6.95. The highest BCUT2D eigenvalue weighted by Crippen LogP contribution is 1.97. The highest BCUT2D eigenvalue weighted by Gasteiger charge is 1.96. The molecular weight excluding hydrogens is 156 g/mol. The Bertz CT molecular complexity index is 268. The van der Waals surface area contributed by atoms with Gasteiger partial charge in [0.1, 0.15) is 5.82 Å². The first-order chi connectivity index (χ1) is 5.70. The molecule has 66 valence electrons. The highest BCUT2D eigenvalue weighted by atomic mass is 16.1. The average Bonchev–Trinajstić information content (AvgIpc) is 2.36. The molecule has 0 fully saturated rings. The SMILES string of the molecule is CC(=O)NCCn1nccc1N. The van der Waals surface area contributed by atoms with Gasteiger partial charge < -0.3 is 11.1 Å². The van der Waals surface area contributed by atoms with Crippen molar-refractivity contribution < 1.29 is 4.79 Å².